The highest BCUT2D eigenvalue weighted by atomic mass is 32.1. The predicted octanol–water partition coefficient (Wildman–Crippen LogP) is 3.61. The lowest BCUT2D eigenvalue weighted by molar-refractivity contribution is -0.0502. The van der Waals surface area contributed by atoms with Crippen LogP contribution >= 0.6 is 12.2 Å². The maximum absolute atomic E-state index is 13.5. The number of halogens is 3. The van der Waals surface area contributed by atoms with E-state index in [-0.39, 0.29) is 17.9 Å². The average molecular weight is 419 g/mol. The summed E-state index contributed by atoms with van der Waals surface area (Å²) in [6.45, 7) is -3.28. The van der Waals surface area contributed by atoms with Gasteiger partial charge in [0.25, 0.3) is 5.91 Å². The number of hydrogen-bond acceptors (Lipinski definition) is 5. The maximum atomic E-state index is 13.5. The van der Waals surface area contributed by atoms with E-state index in [1.165, 1.54) is 4.52 Å². The number of nitrogens with zero attached hydrogens (tertiary/aromatic N) is 3. The molecule has 1 amide bonds. The van der Waals surface area contributed by atoms with Gasteiger partial charge in [-0.25, -0.2) is 9.37 Å². The number of carbonyl (C=O) groups excluding carboxylic acids is 1. The van der Waals surface area contributed by atoms with Gasteiger partial charge in [-0.15, -0.1) is 5.10 Å². The molecule has 148 valence electrons. The molecule has 0 spiro atoms. The highest BCUT2D eigenvalue weighted by molar-refractivity contribution is 7.71. The van der Waals surface area contributed by atoms with Gasteiger partial charge in [0.05, 0.1) is 17.6 Å². The molecule has 0 radical (unpaired) electrons. The van der Waals surface area contributed by atoms with Crippen LogP contribution in [0.15, 0.2) is 42.5 Å². The second-order valence-corrected chi connectivity index (χ2v) is 6.33. The van der Waals surface area contributed by atoms with E-state index >= 15 is 0 Å². The first-order valence-corrected chi connectivity index (χ1v) is 8.72. The zero-order valence-electron chi connectivity index (χ0n) is 14.5. The van der Waals surface area contributed by atoms with Crippen LogP contribution in [-0.2, 0) is 6.54 Å². The van der Waals surface area contributed by atoms with Crippen LogP contribution in [0.2, 0.25) is 0 Å². The summed E-state index contributed by atoms with van der Waals surface area (Å²) < 4.78 is 44.5. The van der Waals surface area contributed by atoms with Crippen LogP contribution in [0.3, 0.4) is 0 Å². The van der Waals surface area contributed by atoms with E-state index in [1.54, 1.807) is 0 Å². The van der Waals surface area contributed by atoms with E-state index in [2.05, 4.69) is 25.1 Å². The van der Waals surface area contributed by atoms with Gasteiger partial charge in [-0.2, -0.15) is 13.3 Å². The van der Waals surface area contributed by atoms with Gasteiger partial charge in [0, 0.05) is 5.39 Å². The van der Waals surface area contributed by atoms with Crippen molar-refractivity contribution in [2.45, 2.75) is 13.2 Å². The van der Waals surface area contributed by atoms with Crippen LogP contribution < -0.4 is 10.1 Å². The fourth-order valence-electron chi connectivity index (χ4n) is 2.83. The van der Waals surface area contributed by atoms with Crippen molar-refractivity contribution in [2.75, 3.05) is 0 Å². The molecule has 0 bridgehead atoms. The molecule has 11 heteroatoms. The number of para-hydroxylation sites is 1. The Balaban J connectivity index is 1.61. The van der Waals surface area contributed by atoms with Crippen LogP contribution in [0, 0.1) is 10.6 Å². The van der Waals surface area contributed by atoms with Gasteiger partial charge in [-0.1, -0.05) is 12.1 Å². The molecule has 0 saturated carbocycles. The lowest BCUT2D eigenvalue weighted by Gasteiger charge is -2.10. The van der Waals surface area contributed by atoms with Crippen LogP contribution in [-0.4, -0.2) is 32.1 Å². The molecular formula is C18H12F3N5O2S. The molecular weight excluding hydrogens is 407 g/mol. The first-order valence-electron chi connectivity index (χ1n) is 8.31. The standard InChI is InChI=1S/C18H12F3N5O2S/c19-9-5-6-13(28-17(20)21)11(7-9)16(27)22-8-14-24-15-10-3-1-2-4-12(10)23-18(29)26(15)25-14/h1-7,17H,8H2,(H,22,27)(H,23,29). The van der Waals surface area contributed by atoms with Gasteiger partial charge in [0.1, 0.15) is 11.6 Å². The Morgan fingerprint density at radius 2 is 2.07 bits per heavy atom. The molecule has 0 atom stereocenters. The van der Waals surface area contributed by atoms with Crippen LogP contribution in [0.5, 0.6) is 5.75 Å². The van der Waals surface area contributed by atoms with E-state index in [1.807, 2.05) is 24.3 Å². The lowest BCUT2D eigenvalue weighted by Crippen LogP contribution is -2.24. The number of ether oxygens (including phenoxy) is 1. The second kappa shape index (κ2) is 7.51. The third-order valence-corrected chi connectivity index (χ3v) is 4.34. The van der Waals surface area contributed by atoms with Crippen LogP contribution in [0.4, 0.5) is 13.2 Å². The Morgan fingerprint density at radius 3 is 2.86 bits per heavy atom. The van der Waals surface area contributed by atoms with Crippen molar-refractivity contribution in [2.24, 2.45) is 0 Å². The van der Waals surface area contributed by atoms with Crippen LogP contribution in [0.25, 0.3) is 16.6 Å². The molecule has 2 aromatic heterocycles. The zero-order valence-corrected chi connectivity index (χ0v) is 15.3. The second-order valence-electron chi connectivity index (χ2n) is 5.94. The van der Waals surface area contributed by atoms with Crippen molar-refractivity contribution in [1.82, 2.24) is 24.9 Å². The summed E-state index contributed by atoms with van der Waals surface area (Å²) in [5, 5.41) is 7.50. The molecule has 4 aromatic rings. The molecule has 0 aliphatic carbocycles. The van der Waals surface area contributed by atoms with Crippen LogP contribution in [0.1, 0.15) is 16.2 Å². The number of alkyl halides is 2. The van der Waals surface area contributed by atoms with Crippen molar-refractivity contribution in [3.05, 3.63) is 64.4 Å². The van der Waals surface area contributed by atoms with Crippen molar-refractivity contribution >= 4 is 34.7 Å². The molecule has 0 aliphatic heterocycles. The molecule has 0 unspecified atom stereocenters. The number of H-pyrrole nitrogens is 1. The van der Waals surface area contributed by atoms with Crippen molar-refractivity contribution < 1.29 is 22.7 Å². The predicted molar refractivity (Wildman–Crippen MR) is 99.9 cm³/mol. The minimum atomic E-state index is -3.15. The number of rotatable bonds is 5. The summed E-state index contributed by atoms with van der Waals surface area (Å²) in [5.74, 6) is -1.77. The summed E-state index contributed by atoms with van der Waals surface area (Å²) >= 11 is 5.27. The number of amides is 1. The zero-order chi connectivity index (χ0) is 20.5. The molecule has 0 aliphatic rings. The highest BCUT2D eigenvalue weighted by Crippen LogP contribution is 2.22. The normalized spacial score (nSPS) is 11.3. The van der Waals surface area contributed by atoms with Gasteiger partial charge in [-0.05, 0) is 42.5 Å². The summed E-state index contributed by atoms with van der Waals surface area (Å²) in [7, 11) is 0. The van der Waals surface area contributed by atoms with Crippen molar-refractivity contribution in [3.63, 3.8) is 0 Å². The number of aromatic nitrogens is 4. The van der Waals surface area contributed by atoms with E-state index < -0.39 is 24.1 Å². The lowest BCUT2D eigenvalue weighted by atomic mass is 10.2. The summed E-state index contributed by atoms with van der Waals surface area (Å²) in [6.07, 6.45) is 0. The minimum Gasteiger partial charge on any atom is -0.434 e. The first kappa shape index (κ1) is 18.9. The Hall–Kier alpha value is -3.47. The largest absolute Gasteiger partial charge is 0.434 e. The third-order valence-electron chi connectivity index (χ3n) is 4.06. The Labute approximate surface area is 166 Å². The minimum absolute atomic E-state index is 0.131. The molecule has 7 nitrogen and oxygen atoms in total. The van der Waals surface area contributed by atoms with E-state index in [0.29, 0.717) is 10.4 Å². The number of fused-ring (bicyclic) bond motifs is 3. The smallest absolute Gasteiger partial charge is 0.387 e. The molecule has 0 saturated heterocycles. The van der Waals surface area contributed by atoms with Gasteiger partial charge in [-0.3, -0.25) is 4.79 Å². The first-order chi connectivity index (χ1) is 13.9. The summed E-state index contributed by atoms with van der Waals surface area (Å²) in [6, 6.07) is 10.1. The van der Waals surface area contributed by atoms with Gasteiger partial charge < -0.3 is 15.0 Å². The molecule has 2 aromatic carbocycles. The Bertz CT molecular complexity index is 1290. The topological polar surface area (TPSA) is 84.3 Å². The Morgan fingerprint density at radius 1 is 1.28 bits per heavy atom. The highest BCUT2D eigenvalue weighted by Gasteiger charge is 2.18. The van der Waals surface area contributed by atoms with Gasteiger partial charge in [0.15, 0.2) is 11.5 Å². The van der Waals surface area contributed by atoms with Gasteiger partial charge in [0.2, 0.25) is 4.77 Å². The number of benzene rings is 2. The van der Waals surface area contributed by atoms with Gasteiger partial charge >= 0.3 is 6.61 Å². The number of carbonyl (C=O) groups is 1. The average Bonchev–Trinajstić information content (AvgIpc) is 3.12. The molecule has 4 rings (SSSR count). The summed E-state index contributed by atoms with van der Waals surface area (Å²) in [4.78, 5) is 19.8. The number of aromatic amines is 1. The quantitative estimate of drug-likeness (QED) is 0.483. The molecule has 2 heterocycles. The van der Waals surface area contributed by atoms with E-state index in [0.717, 1.165) is 29.1 Å². The molecule has 29 heavy (non-hydrogen) atoms. The summed E-state index contributed by atoms with van der Waals surface area (Å²) in [5.41, 5.74) is 0.916. The fraction of sp³-hybridized carbons (Fsp3) is 0.111. The molecule has 0 fully saturated rings. The SMILES string of the molecule is O=C(NCc1nc2c3ccccc3[nH]c(=S)n2n1)c1cc(F)ccc1OC(F)F. The monoisotopic (exact) mass is 419 g/mol. The Kier molecular flexibility index (Phi) is 4.89. The number of nitrogens with one attached hydrogen (secondary N) is 2. The van der Waals surface area contributed by atoms with E-state index in [4.69, 9.17) is 12.2 Å². The van der Waals surface area contributed by atoms with Crippen molar-refractivity contribution in [1.29, 1.82) is 0 Å². The third kappa shape index (κ3) is 3.76. The van der Waals surface area contributed by atoms with E-state index in [9.17, 15) is 18.0 Å². The number of hydrogen-bond donors (Lipinski definition) is 2. The maximum Gasteiger partial charge on any atom is 0.387 e. The fourth-order valence-corrected chi connectivity index (χ4v) is 3.07. The van der Waals surface area contributed by atoms with Crippen molar-refractivity contribution in [3.8, 4) is 5.75 Å². The molecule has 2 N–H and O–H groups in total.